The molecule has 1 amide bonds. The second-order valence-electron chi connectivity index (χ2n) is 9.10. The van der Waals surface area contributed by atoms with Crippen LogP contribution in [0.2, 0.25) is 0 Å². The molecule has 4 N–H and O–H groups in total. The summed E-state index contributed by atoms with van der Waals surface area (Å²) in [6.45, 7) is 2.81. The van der Waals surface area contributed by atoms with Crippen molar-refractivity contribution >= 4 is 23.5 Å². The Morgan fingerprint density at radius 2 is 1.59 bits per heavy atom. The number of carbonyl (C=O) groups excluding carboxylic acids is 3. The van der Waals surface area contributed by atoms with Gasteiger partial charge in [0.05, 0.1) is 12.0 Å². The number of unbranched alkanes of at least 4 members (excludes halogenated alkanes) is 1. The van der Waals surface area contributed by atoms with Gasteiger partial charge in [0.25, 0.3) is 0 Å². The molecule has 1 aliphatic heterocycles. The van der Waals surface area contributed by atoms with Gasteiger partial charge in [-0.05, 0) is 44.8 Å². The van der Waals surface area contributed by atoms with Gasteiger partial charge in [0.15, 0.2) is 6.29 Å². The van der Waals surface area contributed by atoms with Crippen LogP contribution in [0.3, 0.4) is 0 Å². The Morgan fingerprint density at radius 3 is 2.22 bits per heavy atom. The molecule has 1 fully saturated rings. The molecular weight excluding hydrogens is 488 g/mol. The van der Waals surface area contributed by atoms with Crippen molar-refractivity contribution in [2.24, 2.45) is 0 Å². The monoisotopic (exact) mass is 526 g/mol. The summed E-state index contributed by atoms with van der Waals surface area (Å²) in [5.74, 6) is -1.50. The third kappa shape index (κ3) is 9.33. The van der Waals surface area contributed by atoms with Crippen molar-refractivity contribution in [3.05, 3.63) is 29.8 Å². The molecule has 0 bridgehead atoms. The predicted octanol–water partition coefficient (Wildman–Crippen LogP) is -0.339. The van der Waals surface area contributed by atoms with Crippen LogP contribution in [0.5, 0.6) is 0 Å². The van der Waals surface area contributed by atoms with Gasteiger partial charge in [0.1, 0.15) is 37.6 Å². The number of likely N-dealkylation sites (N-methyl/N-ethyl adjacent to an activating group) is 1. The molecule has 0 aliphatic carbocycles. The van der Waals surface area contributed by atoms with E-state index in [1.165, 1.54) is 0 Å². The van der Waals surface area contributed by atoms with Gasteiger partial charge >= 0.3 is 11.9 Å². The number of amides is 1. The molecule has 2 rings (SSSR count). The van der Waals surface area contributed by atoms with E-state index in [4.69, 9.17) is 14.2 Å². The standard InChI is InChI=1S/C25H38N2O10/c1-4-5-12-27(17-8-6-16(7-9-17)24(33)35-14-13-26(2)3)19(28)10-11-20(29)36-15-18-21(30)22(31)23(32)25(34)37-18/h6-9,18,21-23,25,30-32,34H,4-5,10-15H2,1-3H3/t18-,21+,22+,23-,25?/m1/s1. The van der Waals surface area contributed by atoms with E-state index < -0.39 is 49.3 Å². The highest BCUT2D eigenvalue weighted by Gasteiger charge is 2.43. The predicted molar refractivity (Wildman–Crippen MR) is 132 cm³/mol. The molecular formula is C25H38N2O10. The Kier molecular flexibility index (Phi) is 12.4. The second kappa shape index (κ2) is 15.0. The molecule has 0 aromatic heterocycles. The SMILES string of the molecule is CCCCN(C(=O)CCC(=O)OC[C@H]1OC(O)[C@H](O)[C@@H](O)[C@H]1O)c1ccc(C(=O)OCCN(C)C)cc1. The molecule has 1 unspecified atom stereocenters. The summed E-state index contributed by atoms with van der Waals surface area (Å²) in [7, 11) is 3.75. The topological polar surface area (TPSA) is 166 Å². The molecule has 5 atom stereocenters. The van der Waals surface area contributed by atoms with Gasteiger partial charge in [-0.15, -0.1) is 0 Å². The lowest BCUT2D eigenvalue weighted by Gasteiger charge is -2.37. The van der Waals surface area contributed by atoms with Crippen molar-refractivity contribution in [1.82, 2.24) is 4.90 Å². The number of aliphatic hydroxyl groups is 4. The van der Waals surface area contributed by atoms with Gasteiger partial charge in [-0.3, -0.25) is 9.59 Å². The van der Waals surface area contributed by atoms with Crippen molar-refractivity contribution in [3.8, 4) is 0 Å². The minimum Gasteiger partial charge on any atom is -0.463 e. The third-order valence-corrected chi connectivity index (χ3v) is 5.86. The average Bonchev–Trinajstić information content (AvgIpc) is 2.87. The molecule has 0 radical (unpaired) electrons. The van der Waals surface area contributed by atoms with Crippen molar-refractivity contribution in [2.75, 3.05) is 45.3 Å². The molecule has 1 aromatic rings. The first-order valence-electron chi connectivity index (χ1n) is 12.3. The first kappa shape index (κ1) is 30.6. The number of aliphatic hydroxyl groups excluding tert-OH is 4. The van der Waals surface area contributed by atoms with Crippen LogP contribution < -0.4 is 4.90 Å². The lowest BCUT2D eigenvalue weighted by atomic mass is 9.99. The first-order valence-corrected chi connectivity index (χ1v) is 12.3. The van der Waals surface area contributed by atoms with Crippen LogP contribution in [-0.4, -0.2) is 114 Å². The Bertz CT molecular complexity index is 879. The molecule has 208 valence electrons. The fraction of sp³-hybridized carbons (Fsp3) is 0.640. The van der Waals surface area contributed by atoms with Crippen molar-refractivity contribution in [1.29, 1.82) is 0 Å². The molecule has 12 nitrogen and oxygen atoms in total. The van der Waals surface area contributed by atoms with Gasteiger partial charge in [-0.25, -0.2) is 4.79 Å². The lowest BCUT2D eigenvalue weighted by Crippen LogP contribution is -2.58. The van der Waals surface area contributed by atoms with Crippen molar-refractivity contribution in [2.45, 2.75) is 63.3 Å². The van der Waals surface area contributed by atoms with Crippen LogP contribution in [0.15, 0.2) is 24.3 Å². The fourth-order valence-electron chi connectivity index (χ4n) is 3.56. The minimum absolute atomic E-state index is 0.144. The smallest absolute Gasteiger partial charge is 0.338 e. The van der Waals surface area contributed by atoms with E-state index in [1.807, 2.05) is 25.9 Å². The molecule has 1 heterocycles. The molecule has 1 aliphatic rings. The number of nitrogens with zero attached hydrogens (tertiary/aromatic N) is 2. The zero-order valence-corrected chi connectivity index (χ0v) is 21.5. The van der Waals surface area contributed by atoms with Crippen molar-refractivity contribution < 1.29 is 49.0 Å². The summed E-state index contributed by atoms with van der Waals surface area (Å²) >= 11 is 0. The fourth-order valence-corrected chi connectivity index (χ4v) is 3.56. The Labute approximate surface area is 216 Å². The summed E-state index contributed by atoms with van der Waals surface area (Å²) in [4.78, 5) is 40.8. The van der Waals surface area contributed by atoms with Gasteiger partial charge in [-0.2, -0.15) is 0 Å². The third-order valence-electron chi connectivity index (χ3n) is 5.86. The van der Waals surface area contributed by atoms with Crippen LogP contribution >= 0.6 is 0 Å². The molecule has 1 aromatic carbocycles. The summed E-state index contributed by atoms with van der Waals surface area (Å²) in [5, 5.41) is 38.7. The summed E-state index contributed by atoms with van der Waals surface area (Å²) in [6, 6.07) is 6.48. The summed E-state index contributed by atoms with van der Waals surface area (Å²) in [5.41, 5.74) is 0.945. The van der Waals surface area contributed by atoms with Gasteiger partial charge < -0.3 is 44.4 Å². The average molecular weight is 527 g/mol. The number of anilines is 1. The van der Waals surface area contributed by atoms with Crippen LogP contribution in [-0.2, 0) is 23.8 Å². The second-order valence-corrected chi connectivity index (χ2v) is 9.10. The highest BCUT2D eigenvalue weighted by molar-refractivity contribution is 5.96. The largest absolute Gasteiger partial charge is 0.463 e. The maximum Gasteiger partial charge on any atom is 0.338 e. The highest BCUT2D eigenvalue weighted by Crippen LogP contribution is 2.21. The maximum absolute atomic E-state index is 12.9. The van der Waals surface area contributed by atoms with E-state index in [0.717, 1.165) is 12.8 Å². The number of ether oxygens (including phenoxy) is 3. The zero-order valence-electron chi connectivity index (χ0n) is 21.5. The van der Waals surface area contributed by atoms with E-state index in [0.29, 0.717) is 24.3 Å². The van der Waals surface area contributed by atoms with E-state index in [-0.39, 0.29) is 25.4 Å². The Hall–Kier alpha value is -2.61. The molecule has 0 saturated carbocycles. The number of benzene rings is 1. The Balaban J connectivity index is 1.90. The maximum atomic E-state index is 12.9. The molecule has 37 heavy (non-hydrogen) atoms. The quantitative estimate of drug-likeness (QED) is 0.248. The number of esters is 2. The molecule has 0 spiro atoms. The van der Waals surface area contributed by atoms with Crippen LogP contribution in [0.1, 0.15) is 43.0 Å². The summed E-state index contributed by atoms with van der Waals surface area (Å²) in [6.07, 6.45) is -6.68. The van der Waals surface area contributed by atoms with E-state index >= 15 is 0 Å². The summed E-state index contributed by atoms with van der Waals surface area (Å²) < 4.78 is 15.2. The van der Waals surface area contributed by atoms with E-state index in [9.17, 15) is 34.8 Å². The zero-order chi connectivity index (χ0) is 27.5. The Morgan fingerprint density at radius 1 is 0.919 bits per heavy atom. The van der Waals surface area contributed by atoms with Crippen LogP contribution in [0, 0.1) is 0 Å². The number of carbonyl (C=O) groups is 3. The first-order chi connectivity index (χ1) is 17.5. The number of hydrogen-bond acceptors (Lipinski definition) is 11. The lowest BCUT2D eigenvalue weighted by molar-refractivity contribution is -0.287. The molecule has 12 heteroatoms. The van der Waals surface area contributed by atoms with Crippen molar-refractivity contribution in [3.63, 3.8) is 0 Å². The van der Waals surface area contributed by atoms with Crippen LogP contribution in [0.25, 0.3) is 0 Å². The van der Waals surface area contributed by atoms with Gasteiger partial charge in [0.2, 0.25) is 5.91 Å². The number of rotatable bonds is 13. The van der Waals surface area contributed by atoms with E-state index in [1.54, 1.807) is 29.2 Å². The van der Waals surface area contributed by atoms with Gasteiger partial charge in [0, 0.05) is 25.2 Å². The highest BCUT2D eigenvalue weighted by atomic mass is 16.6. The minimum atomic E-state index is -1.73. The normalized spacial score (nSPS) is 23.5. The van der Waals surface area contributed by atoms with Gasteiger partial charge in [-0.1, -0.05) is 13.3 Å². The number of hydrogen-bond donors (Lipinski definition) is 4. The van der Waals surface area contributed by atoms with E-state index in [2.05, 4.69) is 0 Å². The molecule has 1 saturated heterocycles. The van der Waals surface area contributed by atoms with Crippen LogP contribution in [0.4, 0.5) is 5.69 Å².